The van der Waals surface area contributed by atoms with E-state index in [0.717, 1.165) is 38.0 Å². The van der Waals surface area contributed by atoms with Gasteiger partial charge in [0.2, 0.25) is 0 Å². The van der Waals surface area contributed by atoms with Crippen molar-refractivity contribution >= 4 is 11.3 Å². The fourth-order valence-electron chi connectivity index (χ4n) is 3.48. The Balaban J connectivity index is 1.28. The molecule has 2 fully saturated rings. The van der Waals surface area contributed by atoms with Gasteiger partial charge in [-0.25, -0.2) is 4.98 Å². The van der Waals surface area contributed by atoms with Crippen molar-refractivity contribution in [2.24, 2.45) is 0 Å². The molecule has 0 saturated carbocycles. The van der Waals surface area contributed by atoms with Gasteiger partial charge < -0.3 is 9.47 Å². The minimum Gasteiger partial charge on any atom is -0.371 e. The zero-order chi connectivity index (χ0) is 15.5. The molecule has 0 amide bonds. The highest BCUT2D eigenvalue weighted by Gasteiger charge is 2.45. The van der Waals surface area contributed by atoms with Crippen LogP contribution in [0.5, 0.6) is 0 Å². The Kier molecular flexibility index (Phi) is 4.39. The van der Waals surface area contributed by atoms with Crippen LogP contribution in [0.15, 0.2) is 36.1 Å². The average molecular weight is 331 g/mol. The maximum Gasteiger partial charge on any atom is 0.107 e. The molecule has 0 radical (unpaired) electrons. The van der Waals surface area contributed by atoms with E-state index >= 15 is 0 Å². The number of ether oxygens (including phenoxy) is 2. The van der Waals surface area contributed by atoms with Crippen LogP contribution >= 0.6 is 11.3 Å². The molecular formula is C17H21N3O2S. The molecule has 2 saturated heterocycles. The van der Waals surface area contributed by atoms with Gasteiger partial charge in [-0.1, -0.05) is 6.07 Å². The Morgan fingerprint density at radius 3 is 3.26 bits per heavy atom. The maximum absolute atomic E-state index is 6.15. The van der Waals surface area contributed by atoms with E-state index in [-0.39, 0.29) is 11.7 Å². The molecule has 122 valence electrons. The third-order valence-electron chi connectivity index (χ3n) is 4.62. The Bertz CT molecular complexity index is 622. The molecule has 2 aliphatic rings. The summed E-state index contributed by atoms with van der Waals surface area (Å²) in [6, 6.07) is 3.99. The molecule has 2 aromatic heterocycles. The van der Waals surface area contributed by atoms with E-state index < -0.39 is 0 Å². The van der Waals surface area contributed by atoms with Gasteiger partial charge in [-0.3, -0.25) is 9.88 Å². The van der Waals surface area contributed by atoms with Crippen molar-refractivity contribution in [2.45, 2.75) is 37.7 Å². The second-order valence-corrected chi connectivity index (χ2v) is 7.36. The van der Waals surface area contributed by atoms with Gasteiger partial charge in [0.1, 0.15) is 5.01 Å². The Morgan fingerprint density at radius 2 is 2.43 bits per heavy atom. The first-order valence-electron chi connectivity index (χ1n) is 8.07. The van der Waals surface area contributed by atoms with Gasteiger partial charge in [-0.05, 0) is 18.1 Å². The topological polar surface area (TPSA) is 47.5 Å². The first-order chi connectivity index (χ1) is 11.3. The minimum absolute atomic E-state index is 0.0170. The van der Waals surface area contributed by atoms with Gasteiger partial charge in [0.25, 0.3) is 0 Å². The second kappa shape index (κ2) is 6.65. The molecule has 4 rings (SSSR count). The summed E-state index contributed by atoms with van der Waals surface area (Å²) in [7, 11) is 0. The molecule has 0 N–H and O–H groups in total. The maximum atomic E-state index is 6.15. The molecule has 2 aromatic rings. The summed E-state index contributed by atoms with van der Waals surface area (Å²) in [5.74, 6) is 0. The highest BCUT2D eigenvalue weighted by atomic mass is 32.1. The molecule has 0 bridgehead atoms. The van der Waals surface area contributed by atoms with Gasteiger partial charge in [0.05, 0.1) is 31.5 Å². The Morgan fingerprint density at radius 1 is 1.43 bits per heavy atom. The summed E-state index contributed by atoms with van der Waals surface area (Å²) >= 11 is 1.72. The van der Waals surface area contributed by atoms with Crippen LogP contribution in [0, 0.1) is 0 Å². The molecule has 0 aliphatic carbocycles. The van der Waals surface area contributed by atoms with Gasteiger partial charge in [-0.15, -0.1) is 11.3 Å². The monoisotopic (exact) mass is 331 g/mol. The summed E-state index contributed by atoms with van der Waals surface area (Å²) in [6.07, 6.45) is 7.78. The summed E-state index contributed by atoms with van der Waals surface area (Å²) in [6.45, 7) is 4.31. The van der Waals surface area contributed by atoms with Crippen LogP contribution in [0.3, 0.4) is 0 Å². The number of nitrogens with zero attached hydrogens (tertiary/aromatic N) is 3. The predicted molar refractivity (Wildman–Crippen MR) is 88.1 cm³/mol. The number of pyridine rings is 1. The van der Waals surface area contributed by atoms with Crippen molar-refractivity contribution in [3.05, 3.63) is 46.7 Å². The Labute approximate surface area is 140 Å². The lowest BCUT2D eigenvalue weighted by Gasteiger charge is -2.23. The third kappa shape index (κ3) is 3.61. The summed E-state index contributed by atoms with van der Waals surface area (Å²) in [5, 5.41) is 3.22. The highest BCUT2D eigenvalue weighted by Crippen LogP contribution is 2.37. The van der Waals surface area contributed by atoms with E-state index in [1.54, 1.807) is 17.5 Å². The zero-order valence-electron chi connectivity index (χ0n) is 13.1. The van der Waals surface area contributed by atoms with E-state index in [4.69, 9.17) is 9.47 Å². The molecule has 2 aliphatic heterocycles. The van der Waals surface area contributed by atoms with E-state index in [2.05, 4.69) is 14.9 Å². The Hall–Kier alpha value is -1.34. The van der Waals surface area contributed by atoms with Crippen molar-refractivity contribution in [1.82, 2.24) is 14.9 Å². The summed E-state index contributed by atoms with van der Waals surface area (Å²) in [5.41, 5.74) is 1.10. The minimum atomic E-state index is -0.0170. The lowest BCUT2D eigenvalue weighted by Crippen LogP contribution is -2.32. The normalized spacial score (nSPS) is 27.9. The standard InChI is InChI=1S/C17H21N3O2S/c1-2-14(9-18-4-1)11-21-15-8-17(22-12-15)3-6-20(13-17)10-16-19-5-7-23-16/h1-2,4-5,7,9,15H,3,6,8,10-13H2/t15-,17+/m1/s1. The first kappa shape index (κ1) is 15.2. The van der Waals surface area contributed by atoms with Crippen molar-refractivity contribution < 1.29 is 9.47 Å². The van der Waals surface area contributed by atoms with Crippen molar-refractivity contribution in [3.63, 3.8) is 0 Å². The third-order valence-corrected chi connectivity index (χ3v) is 5.39. The van der Waals surface area contributed by atoms with Gasteiger partial charge >= 0.3 is 0 Å². The number of hydrogen-bond acceptors (Lipinski definition) is 6. The molecule has 6 heteroatoms. The van der Waals surface area contributed by atoms with Crippen LogP contribution in [0.4, 0.5) is 0 Å². The van der Waals surface area contributed by atoms with Gasteiger partial charge in [-0.2, -0.15) is 0 Å². The second-order valence-electron chi connectivity index (χ2n) is 6.38. The van der Waals surface area contributed by atoms with Crippen LogP contribution < -0.4 is 0 Å². The predicted octanol–water partition coefficient (Wildman–Crippen LogP) is 2.49. The largest absolute Gasteiger partial charge is 0.371 e. The molecule has 23 heavy (non-hydrogen) atoms. The fourth-order valence-corrected chi connectivity index (χ4v) is 4.13. The van der Waals surface area contributed by atoms with Crippen molar-refractivity contribution in [1.29, 1.82) is 0 Å². The number of thiazole rings is 1. The molecular weight excluding hydrogens is 310 g/mol. The first-order valence-corrected chi connectivity index (χ1v) is 8.95. The van der Waals surface area contributed by atoms with Crippen LogP contribution in [0.2, 0.25) is 0 Å². The molecule has 0 aromatic carbocycles. The molecule has 1 spiro atoms. The van der Waals surface area contributed by atoms with E-state index in [0.29, 0.717) is 13.2 Å². The lowest BCUT2D eigenvalue weighted by atomic mass is 9.98. The molecule has 0 unspecified atom stereocenters. The van der Waals surface area contributed by atoms with Crippen LogP contribution in [-0.2, 0) is 22.6 Å². The molecule has 5 nitrogen and oxygen atoms in total. The SMILES string of the molecule is c1cncc(CO[C@H]2CO[C@@]3(CCN(Cc4nccs4)C3)C2)c1. The van der Waals surface area contributed by atoms with E-state index in [9.17, 15) is 0 Å². The quantitative estimate of drug-likeness (QED) is 0.842. The summed E-state index contributed by atoms with van der Waals surface area (Å²) < 4.78 is 12.2. The molecule has 2 atom stereocenters. The van der Waals surface area contributed by atoms with E-state index in [1.807, 2.05) is 29.9 Å². The smallest absolute Gasteiger partial charge is 0.107 e. The van der Waals surface area contributed by atoms with Gasteiger partial charge in [0, 0.05) is 43.5 Å². The fraction of sp³-hybridized carbons (Fsp3) is 0.529. The number of likely N-dealkylation sites (tertiary alicyclic amines) is 1. The summed E-state index contributed by atoms with van der Waals surface area (Å²) in [4.78, 5) is 10.9. The average Bonchev–Trinajstić information content (AvgIpc) is 3.31. The van der Waals surface area contributed by atoms with Crippen LogP contribution in [0.1, 0.15) is 23.4 Å². The highest BCUT2D eigenvalue weighted by molar-refractivity contribution is 7.09. The van der Waals surface area contributed by atoms with Crippen molar-refractivity contribution in [2.75, 3.05) is 19.7 Å². The number of hydrogen-bond donors (Lipinski definition) is 0. The molecule has 4 heterocycles. The van der Waals surface area contributed by atoms with Crippen LogP contribution in [-0.4, -0.2) is 46.3 Å². The van der Waals surface area contributed by atoms with Gasteiger partial charge in [0.15, 0.2) is 0 Å². The zero-order valence-corrected chi connectivity index (χ0v) is 13.9. The van der Waals surface area contributed by atoms with E-state index in [1.165, 1.54) is 5.01 Å². The number of rotatable bonds is 5. The lowest BCUT2D eigenvalue weighted by molar-refractivity contribution is -0.000453. The number of aromatic nitrogens is 2. The van der Waals surface area contributed by atoms with Crippen molar-refractivity contribution in [3.8, 4) is 0 Å². The van der Waals surface area contributed by atoms with Crippen LogP contribution in [0.25, 0.3) is 0 Å².